The number of nitrogens with one attached hydrogen (secondary N) is 1. The lowest BCUT2D eigenvalue weighted by atomic mass is 10.0. The van der Waals surface area contributed by atoms with Crippen molar-refractivity contribution in [3.8, 4) is 0 Å². The Labute approximate surface area is 154 Å². The zero-order chi connectivity index (χ0) is 19.3. The summed E-state index contributed by atoms with van der Waals surface area (Å²) in [6.07, 6.45) is 3.91. The van der Waals surface area contributed by atoms with Crippen molar-refractivity contribution in [2.24, 2.45) is 5.92 Å². The van der Waals surface area contributed by atoms with E-state index in [-0.39, 0.29) is 24.0 Å². The highest BCUT2D eigenvalue weighted by atomic mass is 16.2. The van der Waals surface area contributed by atoms with Gasteiger partial charge in [0.1, 0.15) is 5.82 Å². The van der Waals surface area contributed by atoms with Crippen molar-refractivity contribution in [1.29, 1.82) is 0 Å². The van der Waals surface area contributed by atoms with Crippen molar-refractivity contribution < 1.29 is 4.79 Å². The van der Waals surface area contributed by atoms with Crippen LogP contribution in [0.15, 0.2) is 9.59 Å². The maximum Gasteiger partial charge on any atom is 0.330 e. The number of H-pyrrole nitrogens is 1. The van der Waals surface area contributed by atoms with E-state index >= 15 is 0 Å². The fourth-order valence-electron chi connectivity index (χ4n) is 3.54. The van der Waals surface area contributed by atoms with Crippen molar-refractivity contribution in [1.82, 2.24) is 14.5 Å². The molecule has 2 heterocycles. The number of carbonyl (C=O) groups is 1. The number of nitrogens with two attached hydrogens (primary N) is 1. The molecule has 0 saturated carbocycles. The quantitative estimate of drug-likeness (QED) is 0.750. The van der Waals surface area contributed by atoms with Crippen LogP contribution in [0, 0.1) is 5.92 Å². The van der Waals surface area contributed by atoms with Gasteiger partial charge in [0.05, 0.1) is 6.54 Å². The summed E-state index contributed by atoms with van der Waals surface area (Å²) in [5.74, 6) is 0.463. The summed E-state index contributed by atoms with van der Waals surface area (Å²) in [4.78, 5) is 43.1. The first-order valence-electron chi connectivity index (χ1n) is 9.54. The molecule has 26 heavy (non-hydrogen) atoms. The number of piperidine rings is 1. The van der Waals surface area contributed by atoms with Gasteiger partial charge in [-0.05, 0) is 38.6 Å². The number of hydrogen-bond donors (Lipinski definition) is 2. The zero-order valence-corrected chi connectivity index (χ0v) is 16.1. The van der Waals surface area contributed by atoms with Crippen LogP contribution in [-0.2, 0) is 11.3 Å². The number of unbranched alkanes of at least 4 members (excludes halogenated alkanes) is 1. The van der Waals surface area contributed by atoms with E-state index in [1.807, 2.05) is 6.92 Å². The lowest BCUT2D eigenvalue weighted by molar-refractivity contribution is -0.120. The molecule has 1 saturated heterocycles. The van der Waals surface area contributed by atoms with Crippen LogP contribution in [0.3, 0.4) is 0 Å². The molecule has 2 rings (SSSR count). The number of anilines is 2. The highest BCUT2D eigenvalue weighted by Crippen LogP contribution is 2.19. The molecule has 0 spiro atoms. The first-order chi connectivity index (χ1) is 12.4. The van der Waals surface area contributed by atoms with E-state index in [1.54, 1.807) is 6.92 Å². The number of rotatable bonds is 7. The van der Waals surface area contributed by atoms with Gasteiger partial charge in [-0.2, -0.15) is 0 Å². The van der Waals surface area contributed by atoms with Gasteiger partial charge in [-0.1, -0.05) is 20.3 Å². The standard InChI is InChI=1S/C18H31N5O3/c1-4-6-10-23-16(19)15(17(25)20-18(23)26)22(5-2)14(24)12-21-9-7-8-13(3)11-21/h13H,4-12,19H2,1-3H3,(H,20,25,26). The average Bonchev–Trinajstić information content (AvgIpc) is 2.58. The third-order valence-electron chi connectivity index (χ3n) is 4.94. The largest absolute Gasteiger partial charge is 0.383 e. The molecule has 3 N–H and O–H groups in total. The van der Waals surface area contributed by atoms with Crippen molar-refractivity contribution in [3.05, 3.63) is 20.8 Å². The fraction of sp³-hybridized carbons (Fsp3) is 0.722. The third-order valence-corrected chi connectivity index (χ3v) is 4.94. The Morgan fingerprint density at radius 3 is 2.69 bits per heavy atom. The lowest BCUT2D eigenvalue weighted by Gasteiger charge is -2.32. The van der Waals surface area contributed by atoms with Crippen molar-refractivity contribution in [2.45, 2.75) is 53.0 Å². The monoisotopic (exact) mass is 365 g/mol. The SMILES string of the molecule is CCCCn1c(N)c(N(CC)C(=O)CN2CCCC(C)C2)c(=O)[nH]c1=O. The van der Waals surface area contributed by atoms with Crippen LogP contribution >= 0.6 is 0 Å². The number of nitrogens with zero attached hydrogens (tertiary/aromatic N) is 3. The van der Waals surface area contributed by atoms with Gasteiger partial charge in [0, 0.05) is 19.6 Å². The highest BCUT2D eigenvalue weighted by Gasteiger charge is 2.26. The normalized spacial score (nSPS) is 18.0. The van der Waals surface area contributed by atoms with E-state index < -0.39 is 11.2 Å². The predicted molar refractivity (Wildman–Crippen MR) is 104 cm³/mol. The number of aromatic amines is 1. The molecule has 0 aromatic carbocycles. The molecule has 1 aromatic rings. The molecule has 1 amide bonds. The first kappa shape index (κ1) is 20.2. The minimum Gasteiger partial charge on any atom is -0.383 e. The van der Waals surface area contributed by atoms with Gasteiger partial charge in [0.25, 0.3) is 5.56 Å². The molecule has 1 aliphatic heterocycles. The van der Waals surface area contributed by atoms with Gasteiger partial charge in [0.15, 0.2) is 5.69 Å². The molecule has 0 bridgehead atoms. The van der Waals surface area contributed by atoms with Crippen molar-refractivity contribution in [2.75, 3.05) is 36.8 Å². The molecule has 1 fully saturated rings. The Bertz CT molecular complexity index is 739. The van der Waals surface area contributed by atoms with Crippen LogP contribution in [0.4, 0.5) is 11.5 Å². The zero-order valence-electron chi connectivity index (χ0n) is 16.1. The van der Waals surface area contributed by atoms with Crippen LogP contribution < -0.4 is 21.9 Å². The molecular weight excluding hydrogens is 334 g/mol. The minimum atomic E-state index is -0.609. The van der Waals surface area contributed by atoms with Crippen LogP contribution in [0.25, 0.3) is 0 Å². The van der Waals surface area contributed by atoms with E-state index in [1.165, 1.54) is 15.9 Å². The maximum absolute atomic E-state index is 12.9. The molecule has 146 valence electrons. The van der Waals surface area contributed by atoms with Crippen LogP contribution in [0.2, 0.25) is 0 Å². The topological polar surface area (TPSA) is 104 Å². The molecule has 0 aliphatic carbocycles. The molecular formula is C18H31N5O3. The minimum absolute atomic E-state index is 0.0643. The van der Waals surface area contributed by atoms with E-state index in [0.29, 0.717) is 19.0 Å². The van der Waals surface area contributed by atoms with Crippen LogP contribution in [0.1, 0.15) is 46.5 Å². The summed E-state index contributed by atoms with van der Waals surface area (Å²) in [6, 6.07) is 0. The average molecular weight is 365 g/mol. The number of likely N-dealkylation sites (N-methyl/N-ethyl adjacent to an activating group) is 1. The summed E-state index contributed by atoms with van der Waals surface area (Å²) < 4.78 is 1.35. The molecule has 1 unspecified atom stereocenters. The summed E-state index contributed by atoms with van der Waals surface area (Å²) in [7, 11) is 0. The number of carbonyl (C=O) groups excluding carboxylic acids is 1. The van der Waals surface area contributed by atoms with Crippen LogP contribution in [-0.4, -0.2) is 46.5 Å². The van der Waals surface area contributed by atoms with Gasteiger partial charge in [-0.3, -0.25) is 24.0 Å². The summed E-state index contributed by atoms with van der Waals surface area (Å²) in [5, 5.41) is 0. The predicted octanol–water partition coefficient (Wildman–Crippen LogP) is 1.00. The molecule has 1 atom stereocenters. The van der Waals surface area contributed by atoms with Gasteiger partial charge >= 0.3 is 5.69 Å². The van der Waals surface area contributed by atoms with Gasteiger partial charge in [-0.15, -0.1) is 0 Å². The number of likely N-dealkylation sites (tertiary alicyclic amines) is 1. The summed E-state index contributed by atoms with van der Waals surface area (Å²) in [5.41, 5.74) is 5.07. The highest BCUT2D eigenvalue weighted by molar-refractivity contribution is 5.96. The summed E-state index contributed by atoms with van der Waals surface area (Å²) in [6.45, 7) is 8.75. The van der Waals surface area contributed by atoms with Gasteiger partial charge in [-0.25, -0.2) is 4.79 Å². The van der Waals surface area contributed by atoms with E-state index in [4.69, 9.17) is 5.73 Å². The molecule has 0 radical (unpaired) electrons. The second-order valence-electron chi connectivity index (χ2n) is 7.12. The number of nitrogen functional groups attached to an aromatic ring is 1. The molecule has 1 aromatic heterocycles. The van der Waals surface area contributed by atoms with E-state index in [2.05, 4.69) is 16.8 Å². The Morgan fingerprint density at radius 1 is 1.35 bits per heavy atom. The van der Waals surface area contributed by atoms with Crippen molar-refractivity contribution >= 4 is 17.4 Å². The lowest BCUT2D eigenvalue weighted by Crippen LogP contribution is -2.47. The van der Waals surface area contributed by atoms with Gasteiger partial charge in [0.2, 0.25) is 5.91 Å². The second kappa shape index (κ2) is 9.02. The Hall–Kier alpha value is -2.09. The van der Waals surface area contributed by atoms with Crippen molar-refractivity contribution in [3.63, 3.8) is 0 Å². The van der Waals surface area contributed by atoms with Gasteiger partial charge < -0.3 is 10.6 Å². The fourth-order valence-corrected chi connectivity index (χ4v) is 3.54. The number of hydrogen-bond acceptors (Lipinski definition) is 5. The Balaban J connectivity index is 2.29. The second-order valence-corrected chi connectivity index (χ2v) is 7.12. The van der Waals surface area contributed by atoms with Crippen LogP contribution in [0.5, 0.6) is 0 Å². The first-order valence-corrected chi connectivity index (χ1v) is 9.54. The Kier molecular flexibility index (Phi) is 7.02. The molecule has 8 nitrogen and oxygen atoms in total. The molecule has 1 aliphatic rings. The summed E-state index contributed by atoms with van der Waals surface area (Å²) >= 11 is 0. The molecule has 8 heteroatoms. The smallest absolute Gasteiger partial charge is 0.330 e. The third kappa shape index (κ3) is 4.55. The maximum atomic E-state index is 12.9. The Morgan fingerprint density at radius 2 is 2.08 bits per heavy atom. The van der Waals surface area contributed by atoms with E-state index in [9.17, 15) is 14.4 Å². The number of aromatic nitrogens is 2. The van der Waals surface area contributed by atoms with E-state index in [0.717, 1.165) is 32.4 Å². The number of amides is 1.